The Hall–Kier alpha value is -0.695. The Bertz CT molecular complexity index is 160. The zero-order valence-corrected chi connectivity index (χ0v) is 4.24. The summed E-state index contributed by atoms with van der Waals surface area (Å²) in [6.45, 7) is 1.45. The Balaban J connectivity index is 2.74. The number of aliphatic hydroxyl groups is 1. The summed E-state index contributed by atoms with van der Waals surface area (Å²) in [6, 6.07) is -0.903. The third-order valence-electron chi connectivity index (χ3n) is 0.957. The summed E-state index contributed by atoms with van der Waals surface area (Å²) in [5, 5.41) is 8.69. The molecule has 8 heavy (non-hydrogen) atoms. The van der Waals surface area contributed by atoms with Crippen molar-refractivity contribution in [2.24, 2.45) is 0 Å². The molecule has 0 spiro atoms. The van der Waals surface area contributed by atoms with Crippen LogP contribution in [0.15, 0.2) is 12.2 Å². The molecule has 40 valence electrons. The van der Waals surface area contributed by atoms with Gasteiger partial charge in [0.15, 0.2) is 0 Å². The zero-order chi connectivity index (χ0) is 5.98. The van der Waals surface area contributed by atoms with Crippen molar-refractivity contribution in [1.29, 1.82) is 0 Å². The fraction of sp³-hybridized carbons (Fsp3) is 0.200. The molecule has 0 bridgehead atoms. The first kappa shape index (κ1) is 5.44. The van der Waals surface area contributed by atoms with E-state index in [0.29, 0.717) is 0 Å². The fourth-order valence-electron chi connectivity index (χ4n) is 0.513. The minimum absolute atomic E-state index is 0.243. The van der Waals surface area contributed by atoms with Crippen LogP contribution in [0.2, 0.25) is 0 Å². The summed E-state index contributed by atoms with van der Waals surface area (Å²) in [5.74, 6) is 1.40. The van der Waals surface area contributed by atoms with Crippen LogP contribution in [0.4, 0.5) is 0 Å². The van der Waals surface area contributed by atoms with Gasteiger partial charge in [0.1, 0.15) is 0 Å². The van der Waals surface area contributed by atoms with Crippen molar-refractivity contribution in [2.45, 2.75) is 6.00 Å². The average molecular weight is 108 g/mol. The quantitative estimate of drug-likeness (QED) is 0.402. The number of hydrogen-bond acceptors (Lipinski definition) is 2. The molecular formula is C5H5BO2. The van der Waals surface area contributed by atoms with E-state index in [1.807, 2.05) is 0 Å². The van der Waals surface area contributed by atoms with Crippen molar-refractivity contribution < 1.29 is 9.90 Å². The molecule has 0 aromatic heterocycles. The molecule has 1 atom stereocenters. The van der Waals surface area contributed by atoms with E-state index in [9.17, 15) is 4.79 Å². The van der Waals surface area contributed by atoms with E-state index >= 15 is 0 Å². The van der Waals surface area contributed by atoms with Gasteiger partial charge in [-0.2, -0.15) is 0 Å². The second-order valence-electron chi connectivity index (χ2n) is 1.59. The minimum atomic E-state index is -0.903. The van der Waals surface area contributed by atoms with Crippen LogP contribution in [0.1, 0.15) is 0 Å². The molecule has 0 saturated carbocycles. The van der Waals surface area contributed by atoms with Gasteiger partial charge in [-0.25, -0.2) is 0 Å². The number of ketones is 1. The number of carbonyl (C=O) groups is 1. The Morgan fingerprint density at radius 2 is 2.50 bits per heavy atom. The van der Waals surface area contributed by atoms with Crippen LogP contribution in [0.5, 0.6) is 0 Å². The van der Waals surface area contributed by atoms with Gasteiger partial charge in [-0.05, 0) is 0 Å². The topological polar surface area (TPSA) is 37.3 Å². The van der Waals surface area contributed by atoms with Crippen molar-refractivity contribution in [3.8, 4) is 0 Å². The number of aliphatic hydroxyl groups excluding tert-OH is 1. The molecule has 1 heterocycles. The van der Waals surface area contributed by atoms with Gasteiger partial charge in [0.25, 0.3) is 0 Å². The third kappa shape index (κ3) is 0.926. The molecule has 3 heteroatoms. The first-order valence-electron chi connectivity index (χ1n) is 2.37. The number of allylic oxidation sites excluding steroid dienone is 1. The summed E-state index contributed by atoms with van der Waals surface area (Å²) in [7, 11) is 0. The normalized spacial score (nSPS) is 25.6. The summed E-state index contributed by atoms with van der Waals surface area (Å²) in [5.41, 5.74) is 0. The number of hydrogen-bond donors (Lipinski definition) is 1. The van der Waals surface area contributed by atoms with Gasteiger partial charge >= 0.3 is 46.7 Å². The fourth-order valence-corrected chi connectivity index (χ4v) is 0.513. The van der Waals surface area contributed by atoms with Crippen LogP contribution in [0.3, 0.4) is 0 Å². The second-order valence-corrected chi connectivity index (χ2v) is 1.59. The Morgan fingerprint density at radius 3 is 2.88 bits per heavy atom. The van der Waals surface area contributed by atoms with E-state index in [-0.39, 0.29) is 5.78 Å². The molecular weight excluding hydrogens is 103 g/mol. The van der Waals surface area contributed by atoms with Crippen molar-refractivity contribution >= 4 is 18.7 Å². The molecule has 2 nitrogen and oxygen atoms in total. The van der Waals surface area contributed by atoms with Crippen LogP contribution in [0, 0.1) is 0 Å². The van der Waals surface area contributed by atoms with Gasteiger partial charge in [0, 0.05) is 0 Å². The van der Waals surface area contributed by atoms with Gasteiger partial charge < -0.3 is 0 Å². The van der Waals surface area contributed by atoms with E-state index in [2.05, 4.69) is 0 Å². The molecule has 0 amide bonds. The number of carbonyl (C=O) groups excluding carboxylic acids is 1. The number of rotatable bonds is 0. The molecule has 1 aliphatic rings. The Labute approximate surface area is 47.7 Å². The summed E-state index contributed by atoms with van der Waals surface area (Å²) in [4.78, 5) is 10.4. The van der Waals surface area contributed by atoms with Crippen molar-refractivity contribution in [3.05, 3.63) is 12.2 Å². The standard InChI is InChI=1S/C5H5BO2/c7-4-2-1-3-6-5(4)8/h1-3,5,8H. The Morgan fingerprint density at radius 1 is 1.75 bits per heavy atom. The monoisotopic (exact) mass is 108 g/mol. The van der Waals surface area contributed by atoms with Gasteiger partial charge in [-0.1, -0.05) is 0 Å². The molecule has 1 aliphatic heterocycles. The van der Waals surface area contributed by atoms with Crippen LogP contribution in [0.25, 0.3) is 0 Å². The molecule has 0 saturated heterocycles. The van der Waals surface area contributed by atoms with Gasteiger partial charge in [-0.3, -0.25) is 0 Å². The SMILES string of the molecule is O=C1C=CC=BC1O. The molecule has 0 aromatic rings. The van der Waals surface area contributed by atoms with Gasteiger partial charge in [0.05, 0.1) is 0 Å². The maximum absolute atomic E-state index is 10.4. The molecule has 0 fully saturated rings. The predicted octanol–water partition coefficient (Wildman–Crippen LogP) is -1.05. The summed E-state index contributed by atoms with van der Waals surface area (Å²) < 4.78 is 0. The van der Waals surface area contributed by atoms with E-state index in [0.717, 1.165) is 0 Å². The third-order valence-corrected chi connectivity index (χ3v) is 0.957. The van der Waals surface area contributed by atoms with Crippen molar-refractivity contribution in [1.82, 2.24) is 0 Å². The average Bonchev–Trinajstić information content (AvgIpc) is 1.77. The van der Waals surface area contributed by atoms with Gasteiger partial charge in [-0.15, -0.1) is 0 Å². The van der Waals surface area contributed by atoms with Crippen LogP contribution in [-0.2, 0) is 4.79 Å². The van der Waals surface area contributed by atoms with Crippen molar-refractivity contribution in [3.63, 3.8) is 0 Å². The summed E-state index contributed by atoms with van der Waals surface area (Å²) >= 11 is 0. The van der Waals surface area contributed by atoms with E-state index in [1.54, 1.807) is 12.0 Å². The van der Waals surface area contributed by atoms with Crippen LogP contribution in [-0.4, -0.2) is 29.8 Å². The summed E-state index contributed by atoms with van der Waals surface area (Å²) in [6.07, 6.45) is 2.96. The molecule has 0 radical (unpaired) electrons. The second kappa shape index (κ2) is 2.05. The Kier molecular flexibility index (Phi) is 1.39. The molecule has 1 rings (SSSR count). The van der Waals surface area contributed by atoms with Gasteiger partial charge in [0.2, 0.25) is 0 Å². The van der Waals surface area contributed by atoms with Crippen LogP contribution >= 0.6 is 0 Å². The van der Waals surface area contributed by atoms with Crippen molar-refractivity contribution in [2.75, 3.05) is 0 Å². The molecule has 0 aromatic carbocycles. The predicted molar refractivity (Wildman–Crippen MR) is 32.0 cm³/mol. The molecule has 1 unspecified atom stereocenters. The zero-order valence-electron chi connectivity index (χ0n) is 4.24. The van der Waals surface area contributed by atoms with E-state index in [4.69, 9.17) is 5.11 Å². The molecule has 1 N–H and O–H groups in total. The van der Waals surface area contributed by atoms with E-state index < -0.39 is 6.00 Å². The molecule has 0 aliphatic carbocycles. The first-order valence-corrected chi connectivity index (χ1v) is 2.37. The maximum atomic E-state index is 10.4. The first-order chi connectivity index (χ1) is 3.80. The van der Waals surface area contributed by atoms with Crippen LogP contribution < -0.4 is 0 Å². The van der Waals surface area contributed by atoms with E-state index in [1.165, 1.54) is 13.0 Å².